The number of nitrogens with zero attached hydrogens (tertiary/aromatic N) is 1. The van der Waals surface area contributed by atoms with Crippen molar-refractivity contribution < 1.29 is 23.2 Å². The van der Waals surface area contributed by atoms with Gasteiger partial charge < -0.3 is 13.6 Å². The zero-order valence-corrected chi connectivity index (χ0v) is 31.1. The Balaban J connectivity index is 1.32. The number of hydrogen-bond acceptors (Lipinski definition) is 6. The fraction of sp³-hybridized carbons (Fsp3) is 0.444. The van der Waals surface area contributed by atoms with E-state index in [4.69, 9.17) is 13.6 Å². The van der Waals surface area contributed by atoms with Gasteiger partial charge in [0, 0.05) is 18.5 Å². The van der Waals surface area contributed by atoms with Gasteiger partial charge in [-0.05, 0) is 58.2 Å². The van der Waals surface area contributed by atoms with Crippen LogP contribution in [0.3, 0.4) is 0 Å². The zero-order valence-electron chi connectivity index (χ0n) is 28.3. The fourth-order valence-corrected chi connectivity index (χ4v) is 12.3. The average molecular weight is 664 g/mol. The van der Waals surface area contributed by atoms with Crippen LogP contribution in [0.4, 0.5) is 0 Å². The van der Waals surface area contributed by atoms with Crippen molar-refractivity contribution in [3.63, 3.8) is 0 Å². The third-order valence-electron chi connectivity index (χ3n) is 9.14. The Labute approximate surface area is 276 Å². The summed E-state index contributed by atoms with van der Waals surface area (Å²) in [6.45, 7) is 20.6. The third-order valence-corrected chi connectivity index (χ3v) is 19.6. The molecule has 0 aromatic heterocycles. The molecule has 0 aliphatic carbocycles. The standard InChI is InChI=1S/C36H49NO5SSi2/c1-27(42-44(8,9)35(2,3)4)32-24-37(34(32)39)43-33(38)26-40-29-22-20-28(21-23-29)25-41-45(36(5,6)7,30-16-12-10-13-17-30)31-18-14-11-15-19-31/h10-23,27,32H,24-26H2,1-9H3/t27-,32+/m1/s1. The van der Waals surface area contributed by atoms with E-state index < -0.39 is 16.6 Å². The first-order valence-electron chi connectivity index (χ1n) is 15.7. The maximum Gasteiger partial charge on any atom is 0.261 e. The van der Waals surface area contributed by atoms with Crippen molar-refractivity contribution in [2.75, 3.05) is 13.2 Å². The van der Waals surface area contributed by atoms with E-state index in [0.717, 1.165) is 17.5 Å². The molecule has 6 nitrogen and oxygen atoms in total. The van der Waals surface area contributed by atoms with Crippen molar-refractivity contribution in [1.82, 2.24) is 4.31 Å². The Morgan fingerprint density at radius 1 is 0.867 bits per heavy atom. The van der Waals surface area contributed by atoms with Gasteiger partial charge in [-0.15, -0.1) is 0 Å². The maximum atomic E-state index is 12.8. The highest BCUT2D eigenvalue weighted by Crippen LogP contribution is 2.40. The van der Waals surface area contributed by atoms with E-state index in [9.17, 15) is 9.59 Å². The smallest absolute Gasteiger partial charge is 0.261 e. The highest BCUT2D eigenvalue weighted by molar-refractivity contribution is 8.12. The minimum atomic E-state index is -2.64. The second-order valence-corrected chi connectivity index (χ2v) is 24.6. The summed E-state index contributed by atoms with van der Waals surface area (Å²) in [5.74, 6) is 0.339. The number of carbonyl (C=O) groups excluding carboxylic acids is 2. The summed E-state index contributed by atoms with van der Waals surface area (Å²) in [6, 6.07) is 28.9. The van der Waals surface area contributed by atoms with Crippen molar-refractivity contribution in [3.05, 3.63) is 90.5 Å². The Hall–Kier alpha value is -2.70. The summed E-state index contributed by atoms with van der Waals surface area (Å²) < 4.78 is 20.7. The SMILES string of the molecule is C[C@@H](O[Si](C)(C)C(C)(C)C)[C@@H]1CN(SC(=O)COc2ccc(CO[Si](c3ccccc3)(c3ccccc3)C(C)(C)C)cc2)C1=O. The Kier molecular flexibility index (Phi) is 10.9. The van der Waals surface area contributed by atoms with E-state index in [1.54, 1.807) is 0 Å². The molecule has 1 saturated heterocycles. The number of rotatable bonds is 12. The summed E-state index contributed by atoms with van der Waals surface area (Å²) in [5, 5.41) is 2.24. The quantitative estimate of drug-likeness (QED) is 0.116. The lowest BCUT2D eigenvalue weighted by Gasteiger charge is -2.44. The first-order chi connectivity index (χ1) is 21.0. The first kappa shape index (κ1) is 35.2. The highest BCUT2D eigenvalue weighted by Gasteiger charge is 2.50. The maximum absolute atomic E-state index is 12.8. The Morgan fingerprint density at radius 3 is 1.87 bits per heavy atom. The van der Waals surface area contributed by atoms with E-state index in [1.807, 2.05) is 43.3 Å². The van der Waals surface area contributed by atoms with Gasteiger partial charge in [0.05, 0.1) is 18.6 Å². The topological polar surface area (TPSA) is 65.1 Å². The molecular weight excluding hydrogens is 615 g/mol. The molecule has 1 aliphatic rings. The van der Waals surface area contributed by atoms with Crippen LogP contribution in [0.15, 0.2) is 84.9 Å². The monoisotopic (exact) mass is 663 g/mol. The van der Waals surface area contributed by atoms with Gasteiger partial charge in [0.15, 0.2) is 14.9 Å². The molecule has 1 aliphatic heterocycles. The van der Waals surface area contributed by atoms with Gasteiger partial charge in [0.2, 0.25) is 11.0 Å². The van der Waals surface area contributed by atoms with Gasteiger partial charge in [-0.2, -0.15) is 0 Å². The summed E-state index contributed by atoms with van der Waals surface area (Å²) in [5.41, 5.74) is 1.03. The fourth-order valence-electron chi connectivity index (χ4n) is 5.50. The molecule has 45 heavy (non-hydrogen) atoms. The summed E-state index contributed by atoms with van der Waals surface area (Å²) in [4.78, 5) is 25.4. The van der Waals surface area contributed by atoms with E-state index in [-0.39, 0.29) is 39.7 Å². The van der Waals surface area contributed by atoms with Crippen LogP contribution in [0.2, 0.25) is 23.2 Å². The number of benzene rings is 3. The molecule has 0 radical (unpaired) electrons. The second kappa shape index (κ2) is 14.0. The van der Waals surface area contributed by atoms with Crippen LogP contribution in [0.1, 0.15) is 54.0 Å². The molecule has 0 spiro atoms. The molecular formula is C36H49NO5SSi2. The van der Waals surface area contributed by atoms with Gasteiger partial charge in [0.1, 0.15) is 5.75 Å². The molecule has 1 heterocycles. The average Bonchev–Trinajstić information content (AvgIpc) is 2.98. The molecule has 242 valence electrons. The van der Waals surface area contributed by atoms with Crippen molar-refractivity contribution >= 4 is 50.0 Å². The molecule has 9 heteroatoms. The minimum Gasteiger partial charge on any atom is -0.485 e. The van der Waals surface area contributed by atoms with Crippen LogP contribution in [0, 0.1) is 5.92 Å². The molecule has 3 aromatic rings. The van der Waals surface area contributed by atoms with E-state index in [1.165, 1.54) is 14.7 Å². The number of hydrogen-bond donors (Lipinski definition) is 0. The summed E-state index contributed by atoms with van der Waals surface area (Å²) >= 11 is 0.931. The predicted molar refractivity (Wildman–Crippen MR) is 190 cm³/mol. The number of β-lactam (4-membered cyclic amide) rings is 1. The lowest BCUT2D eigenvalue weighted by molar-refractivity contribution is -0.144. The Morgan fingerprint density at radius 2 is 1.40 bits per heavy atom. The third kappa shape index (κ3) is 8.00. The number of ether oxygens (including phenoxy) is 1. The minimum absolute atomic E-state index is 0.0511. The van der Waals surface area contributed by atoms with E-state index in [0.29, 0.717) is 18.9 Å². The Bertz CT molecular complexity index is 1400. The van der Waals surface area contributed by atoms with Gasteiger partial charge in [-0.3, -0.25) is 13.9 Å². The summed E-state index contributed by atoms with van der Waals surface area (Å²) in [7, 11) is -4.62. The molecule has 0 bridgehead atoms. The number of carbonyl (C=O) groups is 2. The zero-order chi connectivity index (χ0) is 33.0. The van der Waals surface area contributed by atoms with Crippen LogP contribution in [-0.4, -0.2) is 51.2 Å². The summed E-state index contributed by atoms with van der Waals surface area (Å²) in [6.07, 6.45) is -0.166. The molecule has 3 aromatic carbocycles. The van der Waals surface area contributed by atoms with Gasteiger partial charge in [-0.1, -0.05) is 114 Å². The first-order valence-corrected chi connectivity index (χ1v) is 21.3. The second-order valence-electron chi connectivity index (χ2n) is 14.4. The van der Waals surface area contributed by atoms with Crippen LogP contribution >= 0.6 is 11.9 Å². The normalized spacial score (nSPS) is 16.7. The largest absolute Gasteiger partial charge is 0.485 e. The van der Waals surface area contributed by atoms with Gasteiger partial charge in [0.25, 0.3) is 8.32 Å². The van der Waals surface area contributed by atoms with Crippen molar-refractivity contribution in [2.45, 2.75) is 84.3 Å². The lowest BCUT2D eigenvalue weighted by Crippen LogP contribution is -2.66. The molecule has 0 unspecified atom stereocenters. The van der Waals surface area contributed by atoms with E-state index in [2.05, 4.69) is 103 Å². The van der Waals surface area contributed by atoms with Gasteiger partial charge >= 0.3 is 0 Å². The van der Waals surface area contributed by atoms with E-state index >= 15 is 0 Å². The van der Waals surface area contributed by atoms with Gasteiger partial charge in [-0.25, -0.2) is 0 Å². The van der Waals surface area contributed by atoms with Crippen LogP contribution < -0.4 is 15.1 Å². The highest BCUT2D eigenvalue weighted by atomic mass is 32.2. The molecule has 1 fully saturated rings. The van der Waals surface area contributed by atoms with Crippen molar-refractivity contribution in [1.29, 1.82) is 0 Å². The van der Waals surface area contributed by atoms with Crippen LogP contribution in [-0.2, 0) is 25.0 Å². The molecule has 2 atom stereocenters. The lowest BCUT2D eigenvalue weighted by atomic mass is 9.96. The molecule has 1 amide bonds. The van der Waals surface area contributed by atoms with Crippen LogP contribution in [0.5, 0.6) is 5.75 Å². The predicted octanol–water partition coefficient (Wildman–Crippen LogP) is 7.19. The molecule has 0 N–H and O–H groups in total. The molecule has 4 rings (SSSR count). The van der Waals surface area contributed by atoms with Crippen LogP contribution in [0.25, 0.3) is 0 Å². The van der Waals surface area contributed by atoms with Crippen molar-refractivity contribution in [3.8, 4) is 5.75 Å². The van der Waals surface area contributed by atoms with Crippen molar-refractivity contribution in [2.24, 2.45) is 5.92 Å². The number of amides is 1. The molecule has 0 saturated carbocycles.